The van der Waals surface area contributed by atoms with E-state index in [-0.39, 0.29) is 23.9 Å². The highest BCUT2D eigenvalue weighted by Crippen LogP contribution is 2.30. The van der Waals surface area contributed by atoms with E-state index in [0.717, 1.165) is 16.5 Å². The summed E-state index contributed by atoms with van der Waals surface area (Å²) in [5.41, 5.74) is 3.82. The zero-order chi connectivity index (χ0) is 21.5. The van der Waals surface area contributed by atoms with Crippen molar-refractivity contribution in [1.82, 2.24) is 19.7 Å². The van der Waals surface area contributed by atoms with E-state index in [1.54, 1.807) is 16.9 Å². The number of anilines is 1. The van der Waals surface area contributed by atoms with Crippen LogP contribution in [0.1, 0.15) is 46.3 Å². The molecule has 3 heterocycles. The molecule has 0 aliphatic carbocycles. The van der Waals surface area contributed by atoms with Crippen LogP contribution >= 0.6 is 0 Å². The van der Waals surface area contributed by atoms with Gasteiger partial charge in [0.15, 0.2) is 0 Å². The Morgan fingerprint density at radius 1 is 1.13 bits per heavy atom. The highest BCUT2D eigenvalue weighted by molar-refractivity contribution is 6.07. The summed E-state index contributed by atoms with van der Waals surface area (Å²) in [5, 5.41) is 11.2. The summed E-state index contributed by atoms with van der Waals surface area (Å²) in [5.74, 6) is -0.295. The lowest BCUT2D eigenvalue weighted by Crippen LogP contribution is -2.44. The van der Waals surface area contributed by atoms with Crippen LogP contribution in [0.25, 0.3) is 10.9 Å². The predicted octanol–water partition coefficient (Wildman–Crippen LogP) is 3.83. The van der Waals surface area contributed by atoms with E-state index in [9.17, 15) is 9.59 Å². The second kappa shape index (κ2) is 7.43. The first kappa shape index (κ1) is 19.1. The molecule has 2 aromatic heterocycles. The number of nitrogens with zero attached hydrogens (tertiary/aromatic N) is 3. The average molecular weight is 413 g/mol. The number of carbonyl (C=O) groups excluding carboxylic acids is 2. The summed E-state index contributed by atoms with van der Waals surface area (Å²) in [4.78, 5) is 25.3. The van der Waals surface area contributed by atoms with Crippen molar-refractivity contribution in [3.63, 3.8) is 0 Å². The van der Waals surface area contributed by atoms with Crippen molar-refractivity contribution in [3.05, 3.63) is 83.8 Å². The Bertz CT molecular complexity index is 1290. The Balaban J connectivity index is 1.39. The van der Waals surface area contributed by atoms with Crippen LogP contribution in [0, 0.1) is 0 Å². The van der Waals surface area contributed by atoms with Gasteiger partial charge < -0.3 is 15.2 Å². The van der Waals surface area contributed by atoms with Gasteiger partial charge in [0, 0.05) is 28.7 Å². The largest absolute Gasteiger partial charge is 0.346 e. The molecule has 0 fully saturated rings. The zero-order valence-corrected chi connectivity index (χ0v) is 17.4. The predicted molar refractivity (Wildman–Crippen MR) is 119 cm³/mol. The molecule has 2 atom stereocenters. The van der Waals surface area contributed by atoms with Gasteiger partial charge in [-0.2, -0.15) is 5.10 Å². The van der Waals surface area contributed by atoms with Crippen LogP contribution in [0.15, 0.2) is 67.0 Å². The molecule has 5 rings (SSSR count). The lowest BCUT2D eigenvalue weighted by Gasteiger charge is -2.30. The minimum absolute atomic E-state index is 0.0172. The Morgan fingerprint density at radius 2 is 1.94 bits per heavy atom. The summed E-state index contributed by atoms with van der Waals surface area (Å²) in [6, 6.07) is 17.5. The Morgan fingerprint density at radius 3 is 2.74 bits per heavy atom. The number of carbonyl (C=O) groups is 2. The Kier molecular flexibility index (Phi) is 4.58. The van der Waals surface area contributed by atoms with E-state index < -0.39 is 0 Å². The van der Waals surface area contributed by atoms with E-state index in [1.165, 1.54) is 0 Å². The van der Waals surface area contributed by atoms with E-state index in [4.69, 9.17) is 0 Å². The van der Waals surface area contributed by atoms with Crippen LogP contribution in [0.4, 0.5) is 5.69 Å². The van der Waals surface area contributed by atoms with Crippen LogP contribution in [0.2, 0.25) is 0 Å². The van der Waals surface area contributed by atoms with Gasteiger partial charge in [-0.25, -0.2) is 0 Å². The third-order valence-electron chi connectivity index (χ3n) is 5.90. The summed E-state index contributed by atoms with van der Waals surface area (Å²) in [7, 11) is 0. The maximum atomic E-state index is 12.9. The molecule has 2 N–H and O–H groups in total. The third-order valence-corrected chi connectivity index (χ3v) is 5.90. The number of fused-ring (bicyclic) bond motifs is 3. The molecule has 0 unspecified atom stereocenters. The molecule has 2 aromatic carbocycles. The minimum Gasteiger partial charge on any atom is -0.346 e. The highest BCUT2D eigenvalue weighted by Gasteiger charge is 2.29. The number of rotatable bonds is 4. The molecular formula is C24H23N5O2. The number of hydrogen-bond donors (Lipinski definition) is 2. The second-order valence-electron chi connectivity index (χ2n) is 8.04. The standard InChI is InChI=1S/C24H23N5O2/c1-15-16(2)29-21-11-19(9-8-18(21)10-22(29)24(31)26-15)23(30)27-20-12-25-28(14-20)13-17-6-4-3-5-7-17/h3-12,14-16H,13H2,1-2H3,(H,26,31)(H,27,30)/t15-,16+/m0/s1. The van der Waals surface area contributed by atoms with Gasteiger partial charge >= 0.3 is 0 Å². The molecule has 0 radical (unpaired) electrons. The minimum atomic E-state index is -0.210. The van der Waals surface area contributed by atoms with E-state index in [0.29, 0.717) is 23.5 Å². The molecule has 0 spiro atoms. The first-order valence-corrected chi connectivity index (χ1v) is 10.3. The number of benzene rings is 2. The number of hydrogen-bond acceptors (Lipinski definition) is 3. The van der Waals surface area contributed by atoms with Crippen molar-refractivity contribution in [2.75, 3.05) is 5.32 Å². The van der Waals surface area contributed by atoms with Crippen LogP contribution < -0.4 is 10.6 Å². The van der Waals surface area contributed by atoms with Crippen molar-refractivity contribution in [2.45, 2.75) is 32.5 Å². The van der Waals surface area contributed by atoms with E-state index in [2.05, 4.69) is 22.7 Å². The summed E-state index contributed by atoms with van der Waals surface area (Å²) < 4.78 is 3.81. The van der Waals surface area contributed by atoms with Crippen LogP contribution in [0.5, 0.6) is 0 Å². The van der Waals surface area contributed by atoms with Gasteiger partial charge in [-0.05, 0) is 37.6 Å². The van der Waals surface area contributed by atoms with Crippen molar-refractivity contribution in [2.24, 2.45) is 0 Å². The zero-order valence-electron chi connectivity index (χ0n) is 17.4. The fraction of sp³-hybridized carbons (Fsp3) is 0.208. The first-order chi connectivity index (χ1) is 15.0. The van der Waals surface area contributed by atoms with Gasteiger partial charge in [0.25, 0.3) is 11.8 Å². The molecule has 0 bridgehead atoms. The molecule has 1 aliphatic heterocycles. The van der Waals surface area contributed by atoms with Gasteiger partial charge in [-0.3, -0.25) is 14.3 Å². The quantitative estimate of drug-likeness (QED) is 0.534. The molecule has 1 aliphatic rings. The normalized spacial score (nSPS) is 17.9. The molecule has 0 saturated heterocycles. The first-order valence-electron chi connectivity index (χ1n) is 10.3. The van der Waals surface area contributed by atoms with Crippen molar-refractivity contribution in [1.29, 1.82) is 0 Å². The van der Waals surface area contributed by atoms with Crippen molar-refractivity contribution >= 4 is 28.4 Å². The molecular weight excluding hydrogens is 390 g/mol. The molecule has 156 valence electrons. The van der Waals surface area contributed by atoms with Gasteiger partial charge in [0.2, 0.25) is 0 Å². The van der Waals surface area contributed by atoms with E-state index in [1.807, 2.05) is 66.2 Å². The molecule has 4 aromatic rings. The Hall–Kier alpha value is -3.87. The summed E-state index contributed by atoms with van der Waals surface area (Å²) in [6.45, 7) is 4.69. The summed E-state index contributed by atoms with van der Waals surface area (Å²) >= 11 is 0. The monoisotopic (exact) mass is 413 g/mol. The van der Waals surface area contributed by atoms with Gasteiger partial charge in [0.1, 0.15) is 5.69 Å². The molecule has 0 saturated carbocycles. The number of aromatic nitrogens is 3. The number of amides is 2. The smallest absolute Gasteiger partial charge is 0.268 e. The molecule has 7 heteroatoms. The Labute approximate surface area is 179 Å². The van der Waals surface area contributed by atoms with Crippen molar-refractivity contribution in [3.8, 4) is 0 Å². The van der Waals surface area contributed by atoms with Crippen molar-refractivity contribution < 1.29 is 9.59 Å². The molecule has 31 heavy (non-hydrogen) atoms. The highest BCUT2D eigenvalue weighted by atomic mass is 16.2. The lowest BCUT2D eigenvalue weighted by atomic mass is 10.1. The maximum absolute atomic E-state index is 12.9. The number of nitrogens with one attached hydrogen (secondary N) is 2. The topological polar surface area (TPSA) is 81.0 Å². The van der Waals surface area contributed by atoms with Gasteiger partial charge in [-0.15, -0.1) is 0 Å². The van der Waals surface area contributed by atoms with Gasteiger partial charge in [-0.1, -0.05) is 36.4 Å². The fourth-order valence-corrected chi connectivity index (χ4v) is 4.09. The van der Waals surface area contributed by atoms with Crippen LogP contribution in [-0.4, -0.2) is 32.2 Å². The summed E-state index contributed by atoms with van der Waals surface area (Å²) in [6.07, 6.45) is 3.46. The second-order valence-corrected chi connectivity index (χ2v) is 8.04. The van der Waals surface area contributed by atoms with Crippen LogP contribution in [0.3, 0.4) is 0 Å². The fourth-order valence-electron chi connectivity index (χ4n) is 4.09. The third kappa shape index (κ3) is 3.48. The van der Waals surface area contributed by atoms with Gasteiger partial charge in [0.05, 0.1) is 24.5 Å². The molecule has 7 nitrogen and oxygen atoms in total. The average Bonchev–Trinajstić information content (AvgIpc) is 3.37. The SMILES string of the molecule is C[C@@H]1NC(=O)c2cc3ccc(C(=O)Nc4cnn(Cc5ccccc5)c4)cc3n2[C@@H]1C. The van der Waals surface area contributed by atoms with Crippen LogP contribution in [-0.2, 0) is 6.54 Å². The maximum Gasteiger partial charge on any atom is 0.268 e. The lowest BCUT2D eigenvalue weighted by molar-refractivity contribution is 0.0891. The molecule has 2 amide bonds. The van der Waals surface area contributed by atoms with E-state index >= 15 is 0 Å².